The molecule has 0 radical (unpaired) electrons. The van der Waals surface area contributed by atoms with Gasteiger partial charge in [-0.25, -0.2) is 0 Å². The van der Waals surface area contributed by atoms with Gasteiger partial charge in [0.05, 0.1) is 0 Å². The fourth-order valence-electron chi connectivity index (χ4n) is 3.44. The Hall–Kier alpha value is -0.330. The van der Waals surface area contributed by atoms with Gasteiger partial charge in [-0.15, -0.1) is 0 Å². The molecule has 2 aliphatic carbocycles. The minimum atomic E-state index is 0.484. The standard InChI is InChI=1S/C17H30O/c18-17-13-11-9-7-5-3-1-2-4-6-8-10-12-15-14-16(15)17/h15-16H,1-14H2/t15-,16+/m0/s1. The fourth-order valence-corrected chi connectivity index (χ4v) is 3.44. The first-order chi connectivity index (χ1) is 8.88. The van der Waals surface area contributed by atoms with Crippen LogP contribution in [0.2, 0.25) is 0 Å². The molecule has 2 aliphatic rings. The highest BCUT2D eigenvalue weighted by Gasteiger charge is 2.40. The molecule has 0 aliphatic heterocycles. The fraction of sp³-hybridized carbons (Fsp3) is 0.941. The number of rotatable bonds is 0. The zero-order valence-corrected chi connectivity index (χ0v) is 12.0. The first-order valence-electron chi connectivity index (χ1n) is 8.40. The lowest BCUT2D eigenvalue weighted by molar-refractivity contribution is -0.120. The molecule has 2 fully saturated rings. The molecule has 18 heavy (non-hydrogen) atoms. The van der Waals surface area contributed by atoms with E-state index in [9.17, 15) is 4.79 Å². The lowest BCUT2D eigenvalue weighted by atomic mass is 10.0. The predicted octanol–water partition coefficient (Wildman–Crippen LogP) is 5.28. The number of ketones is 1. The van der Waals surface area contributed by atoms with E-state index in [2.05, 4.69) is 0 Å². The van der Waals surface area contributed by atoms with E-state index in [1.54, 1.807) is 0 Å². The average molecular weight is 250 g/mol. The second kappa shape index (κ2) is 7.96. The molecule has 0 N–H and O–H groups in total. The number of Topliss-reactive ketones (excluding diaryl/α,β-unsaturated/α-hetero) is 1. The van der Waals surface area contributed by atoms with Gasteiger partial charge in [0.15, 0.2) is 0 Å². The Morgan fingerprint density at radius 2 is 1.17 bits per heavy atom. The van der Waals surface area contributed by atoms with Crippen molar-refractivity contribution in [2.45, 2.75) is 89.9 Å². The number of carbonyl (C=O) groups excluding carboxylic acids is 1. The normalized spacial score (nSPS) is 32.8. The Morgan fingerprint density at radius 3 is 1.78 bits per heavy atom. The lowest BCUT2D eigenvalue weighted by Crippen LogP contribution is -2.02. The van der Waals surface area contributed by atoms with Crippen molar-refractivity contribution < 1.29 is 4.79 Å². The van der Waals surface area contributed by atoms with E-state index >= 15 is 0 Å². The summed E-state index contributed by atoms with van der Waals surface area (Å²) in [6, 6.07) is 0. The van der Waals surface area contributed by atoms with Crippen LogP contribution in [0, 0.1) is 11.8 Å². The van der Waals surface area contributed by atoms with Crippen molar-refractivity contribution >= 4 is 5.78 Å². The van der Waals surface area contributed by atoms with Crippen LogP contribution in [0.15, 0.2) is 0 Å². The second-order valence-electron chi connectivity index (χ2n) is 6.50. The molecule has 104 valence electrons. The van der Waals surface area contributed by atoms with Gasteiger partial charge in [-0.05, 0) is 25.2 Å². The molecular formula is C17H30O. The van der Waals surface area contributed by atoms with Gasteiger partial charge in [-0.3, -0.25) is 4.79 Å². The molecule has 0 saturated heterocycles. The monoisotopic (exact) mass is 250 g/mol. The Kier molecular flexibility index (Phi) is 6.23. The minimum Gasteiger partial charge on any atom is -0.299 e. The summed E-state index contributed by atoms with van der Waals surface area (Å²) in [5.74, 6) is 1.86. The minimum absolute atomic E-state index is 0.484. The summed E-state index contributed by atoms with van der Waals surface area (Å²) in [6.07, 6.45) is 18.5. The Balaban J connectivity index is 1.66. The third kappa shape index (κ3) is 5.12. The predicted molar refractivity (Wildman–Crippen MR) is 76.6 cm³/mol. The molecule has 0 amide bonds. The van der Waals surface area contributed by atoms with Gasteiger partial charge < -0.3 is 0 Å². The molecule has 2 rings (SSSR count). The summed E-state index contributed by atoms with van der Waals surface area (Å²) in [6.45, 7) is 0. The Bertz CT molecular complexity index is 246. The number of carbonyl (C=O) groups is 1. The number of fused-ring (bicyclic) bond motifs is 1. The maximum atomic E-state index is 11.9. The van der Waals surface area contributed by atoms with E-state index in [4.69, 9.17) is 0 Å². The molecule has 0 spiro atoms. The molecular weight excluding hydrogens is 220 g/mol. The second-order valence-corrected chi connectivity index (χ2v) is 6.50. The Morgan fingerprint density at radius 1 is 0.667 bits per heavy atom. The first kappa shape index (κ1) is 14.1. The summed E-state index contributed by atoms with van der Waals surface area (Å²) in [7, 11) is 0. The summed E-state index contributed by atoms with van der Waals surface area (Å²) in [4.78, 5) is 11.9. The van der Waals surface area contributed by atoms with Crippen LogP contribution in [0.4, 0.5) is 0 Å². The van der Waals surface area contributed by atoms with Gasteiger partial charge >= 0.3 is 0 Å². The third-order valence-corrected chi connectivity index (χ3v) is 4.83. The van der Waals surface area contributed by atoms with Crippen LogP contribution in [-0.4, -0.2) is 5.78 Å². The van der Waals surface area contributed by atoms with Gasteiger partial charge in [-0.2, -0.15) is 0 Å². The van der Waals surface area contributed by atoms with Crippen LogP contribution in [0.5, 0.6) is 0 Å². The topological polar surface area (TPSA) is 17.1 Å². The lowest BCUT2D eigenvalue weighted by Gasteiger charge is -2.05. The van der Waals surface area contributed by atoms with Crippen LogP contribution < -0.4 is 0 Å². The highest BCUT2D eigenvalue weighted by Crippen LogP contribution is 2.44. The van der Waals surface area contributed by atoms with Crippen molar-refractivity contribution in [2.75, 3.05) is 0 Å². The van der Waals surface area contributed by atoms with Gasteiger partial charge in [0.25, 0.3) is 0 Å². The summed E-state index contributed by atoms with van der Waals surface area (Å²) in [5.41, 5.74) is 0. The largest absolute Gasteiger partial charge is 0.299 e. The molecule has 0 heterocycles. The van der Waals surface area contributed by atoms with Crippen LogP contribution >= 0.6 is 0 Å². The van der Waals surface area contributed by atoms with Crippen molar-refractivity contribution in [2.24, 2.45) is 11.8 Å². The van der Waals surface area contributed by atoms with Gasteiger partial charge in [0.1, 0.15) is 5.78 Å². The Labute approximate surface area is 113 Å². The molecule has 1 heteroatoms. The van der Waals surface area contributed by atoms with E-state index in [1.165, 1.54) is 77.0 Å². The molecule has 0 aromatic carbocycles. The molecule has 2 atom stereocenters. The van der Waals surface area contributed by atoms with Gasteiger partial charge in [0, 0.05) is 12.3 Å². The van der Waals surface area contributed by atoms with Crippen LogP contribution in [0.1, 0.15) is 89.9 Å². The van der Waals surface area contributed by atoms with Crippen LogP contribution in [0.3, 0.4) is 0 Å². The van der Waals surface area contributed by atoms with Crippen LogP contribution in [-0.2, 0) is 4.79 Å². The van der Waals surface area contributed by atoms with Crippen molar-refractivity contribution in [1.82, 2.24) is 0 Å². The maximum Gasteiger partial charge on any atom is 0.136 e. The zero-order chi connectivity index (χ0) is 12.6. The van der Waals surface area contributed by atoms with Crippen LogP contribution in [0.25, 0.3) is 0 Å². The van der Waals surface area contributed by atoms with E-state index in [0.717, 1.165) is 18.8 Å². The van der Waals surface area contributed by atoms with Crippen molar-refractivity contribution in [3.63, 3.8) is 0 Å². The first-order valence-corrected chi connectivity index (χ1v) is 8.40. The molecule has 0 aromatic heterocycles. The molecule has 0 aromatic rings. The summed E-state index contributed by atoms with van der Waals surface area (Å²) < 4.78 is 0. The summed E-state index contributed by atoms with van der Waals surface area (Å²) >= 11 is 0. The highest BCUT2D eigenvalue weighted by molar-refractivity contribution is 5.83. The number of hydrogen-bond acceptors (Lipinski definition) is 1. The number of hydrogen-bond donors (Lipinski definition) is 0. The highest BCUT2D eigenvalue weighted by atomic mass is 16.1. The van der Waals surface area contributed by atoms with Crippen molar-refractivity contribution in [3.8, 4) is 0 Å². The van der Waals surface area contributed by atoms with Crippen molar-refractivity contribution in [1.29, 1.82) is 0 Å². The zero-order valence-electron chi connectivity index (χ0n) is 12.0. The average Bonchev–Trinajstić information content (AvgIpc) is 3.13. The van der Waals surface area contributed by atoms with Gasteiger partial charge in [-0.1, -0.05) is 64.2 Å². The molecule has 2 saturated carbocycles. The van der Waals surface area contributed by atoms with E-state index in [1.807, 2.05) is 0 Å². The maximum absolute atomic E-state index is 11.9. The van der Waals surface area contributed by atoms with Crippen molar-refractivity contribution in [3.05, 3.63) is 0 Å². The van der Waals surface area contributed by atoms with Gasteiger partial charge in [0.2, 0.25) is 0 Å². The molecule has 0 unspecified atom stereocenters. The van der Waals surface area contributed by atoms with E-state index in [0.29, 0.717) is 11.7 Å². The quantitative estimate of drug-likeness (QED) is 0.572. The van der Waals surface area contributed by atoms with E-state index < -0.39 is 0 Å². The smallest absolute Gasteiger partial charge is 0.136 e. The third-order valence-electron chi connectivity index (χ3n) is 4.83. The molecule has 1 nitrogen and oxygen atoms in total. The SMILES string of the molecule is O=C1CCCCCCCCCCCCC[C@H]2C[C@@H]12. The summed E-state index contributed by atoms with van der Waals surface area (Å²) in [5, 5.41) is 0. The van der Waals surface area contributed by atoms with E-state index in [-0.39, 0.29) is 0 Å². The molecule has 0 bridgehead atoms.